The second-order valence-electron chi connectivity index (χ2n) is 6.77. The molecule has 178 valence electrons. The summed E-state index contributed by atoms with van der Waals surface area (Å²) in [6.07, 6.45) is -4.47. The normalized spacial score (nSPS) is 11.1. The van der Waals surface area contributed by atoms with Gasteiger partial charge in [0.25, 0.3) is 11.6 Å². The number of hydrogen-bond donors (Lipinski definition) is 1. The van der Waals surface area contributed by atoms with Crippen LogP contribution in [0.1, 0.15) is 20.9 Å². The summed E-state index contributed by atoms with van der Waals surface area (Å²) in [5.41, 5.74) is -0.669. The van der Waals surface area contributed by atoms with E-state index < -0.39 is 40.8 Å². The van der Waals surface area contributed by atoms with Crippen molar-refractivity contribution in [2.45, 2.75) is 13.1 Å². The van der Waals surface area contributed by atoms with E-state index in [9.17, 15) is 32.9 Å². The number of aromatic nitrogens is 1. The Morgan fingerprint density at radius 2 is 1.85 bits per heavy atom. The molecule has 0 aliphatic heterocycles. The van der Waals surface area contributed by atoms with Crippen molar-refractivity contribution in [3.63, 3.8) is 0 Å². The molecule has 0 aliphatic rings. The molecule has 0 aliphatic carbocycles. The summed E-state index contributed by atoms with van der Waals surface area (Å²) in [4.78, 5) is 39.3. The number of nitro benzene ring substituents is 1. The second kappa shape index (κ2) is 9.87. The van der Waals surface area contributed by atoms with Gasteiger partial charge in [0, 0.05) is 5.56 Å². The number of aryl methyl sites for hydroxylation is 1. The molecule has 0 radical (unpaired) electrons. The van der Waals surface area contributed by atoms with Gasteiger partial charge >= 0.3 is 12.1 Å². The standard InChI is InChI=1S/C21H16F3N3O6S/c1-11-18(34-19(25-11)12-3-5-13(6-4-12)21(22,23)24)20(29)33-10-17(28)26-15-8-7-14(32-2)9-16(15)27(30)31/h3-9H,10H2,1-2H3,(H,26,28). The number of nitrogens with one attached hydrogen (secondary N) is 1. The van der Waals surface area contributed by atoms with Crippen molar-refractivity contribution in [1.29, 1.82) is 0 Å². The van der Waals surface area contributed by atoms with Crippen molar-refractivity contribution in [1.82, 2.24) is 4.98 Å². The molecule has 0 saturated heterocycles. The number of hydrogen-bond acceptors (Lipinski definition) is 8. The molecule has 2 aromatic carbocycles. The summed E-state index contributed by atoms with van der Waals surface area (Å²) in [6.45, 7) is 0.788. The fourth-order valence-corrected chi connectivity index (χ4v) is 3.75. The molecule has 9 nitrogen and oxygen atoms in total. The van der Waals surface area contributed by atoms with Gasteiger partial charge in [0.15, 0.2) is 6.61 Å². The zero-order chi connectivity index (χ0) is 25.0. The Kier molecular flexibility index (Phi) is 7.15. The SMILES string of the molecule is COc1ccc(NC(=O)COC(=O)c2sc(-c3ccc(C(F)(F)F)cc3)nc2C)c([N+](=O)[O-])c1. The largest absolute Gasteiger partial charge is 0.496 e. The lowest BCUT2D eigenvalue weighted by Gasteiger charge is -2.08. The van der Waals surface area contributed by atoms with Gasteiger partial charge in [-0.05, 0) is 31.2 Å². The van der Waals surface area contributed by atoms with E-state index in [4.69, 9.17) is 9.47 Å². The zero-order valence-electron chi connectivity index (χ0n) is 17.6. The van der Waals surface area contributed by atoms with Gasteiger partial charge in [0.05, 0.1) is 29.4 Å². The van der Waals surface area contributed by atoms with Gasteiger partial charge in [-0.2, -0.15) is 13.2 Å². The maximum atomic E-state index is 12.7. The lowest BCUT2D eigenvalue weighted by molar-refractivity contribution is -0.384. The molecule has 1 heterocycles. The lowest BCUT2D eigenvalue weighted by Crippen LogP contribution is -2.21. The first kappa shape index (κ1) is 24.6. The van der Waals surface area contributed by atoms with Crippen LogP contribution in [0.3, 0.4) is 0 Å². The predicted molar refractivity (Wildman–Crippen MR) is 116 cm³/mol. The van der Waals surface area contributed by atoms with Gasteiger partial charge in [-0.15, -0.1) is 11.3 Å². The van der Waals surface area contributed by atoms with Crippen LogP contribution in [0.2, 0.25) is 0 Å². The Labute approximate surface area is 194 Å². The Bertz CT molecular complexity index is 1240. The van der Waals surface area contributed by atoms with E-state index in [-0.39, 0.29) is 22.0 Å². The zero-order valence-corrected chi connectivity index (χ0v) is 18.5. The summed E-state index contributed by atoms with van der Waals surface area (Å²) in [6, 6.07) is 8.12. The van der Waals surface area contributed by atoms with Gasteiger partial charge in [-0.1, -0.05) is 12.1 Å². The molecule has 3 rings (SSSR count). The number of benzene rings is 2. The first-order valence-electron chi connectivity index (χ1n) is 9.44. The van der Waals surface area contributed by atoms with Crippen molar-refractivity contribution in [3.05, 3.63) is 68.7 Å². The van der Waals surface area contributed by atoms with Crippen LogP contribution in [0.15, 0.2) is 42.5 Å². The first-order chi connectivity index (χ1) is 16.0. The molecule has 0 saturated carbocycles. The first-order valence-corrected chi connectivity index (χ1v) is 10.3. The smallest absolute Gasteiger partial charge is 0.416 e. The minimum absolute atomic E-state index is 0.0677. The molecule has 1 amide bonds. The Hall–Kier alpha value is -4.00. The van der Waals surface area contributed by atoms with Crippen molar-refractivity contribution in [2.24, 2.45) is 0 Å². The van der Waals surface area contributed by atoms with Gasteiger partial charge in [0.2, 0.25) is 0 Å². The van der Waals surface area contributed by atoms with Gasteiger partial charge in [0.1, 0.15) is 21.3 Å². The van der Waals surface area contributed by atoms with Gasteiger partial charge in [-0.3, -0.25) is 14.9 Å². The van der Waals surface area contributed by atoms with Crippen LogP contribution in [0.5, 0.6) is 5.75 Å². The van der Waals surface area contributed by atoms with E-state index in [1.807, 2.05) is 0 Å². The molecule has 3 aromatic rings. The third-order valence-corrected chi connectivity index (χ3v) is 5.64. The van der Waals surface area contributed by atoms with E-state index in [1.54, 1.807) is 0 Å². The summed E-state index contributed by atoms with van der Waals surface area (Å²) in [5.74, 6) is -1.46. The molecule has 1 N–H and O–H groups in total. The molecule has 34 heavy (non-hydrogen) atoms. The van der Waals surface area contributed by atoms with Crippen LogP contribution < -0.4 is 10.1 Å². The Balaban J connectivity index is 1.66. The Morgan fingerprint density at radius 1 is 1.18 bits per heavy atom. The predicted octanol–water partition coefficient (Wildman–Crippen LogP) is 4.85. The highest BCUT2D eigenvalue weighted by atomic mass is 32.1. The van der Waals surface area contributed by atoms with Crippen LogP contribution in [0, 0.1) is 17.0 Å². The number of carbonyl (C=O) groups is 2. The number of nitrogens with zero attached hydrogens (tertiary/aromatic N) is 2. The number of methoxy groups -OCH3 is 1. The number of nitro groups is 1. The topological polar surface area (TPSA) is 121 Å². The van der Waals surface area contributed by atoms with Gasteiger partial charge < -0.3 is 14.8 Å². The average molecular weight is 495 g/mol. The summed E-state index contributed by atoms with van der Waals surface area (Å²) >= 11 is 0.898. The highest BCUT2D eigenvalue weighted by molar-refractivity contribution is 7.17. The van der Waals surface area contributed by atoms with E-state index in [2.05, 4.69) is 10.3 Å². The minimum atomic E-state index is -4.47. The highest BCUT2D eigenvalue weighted by Crippen LogP contribution is 2.33. The van der Waals surface area contributed by atoms with E-state index in [0.717, 1.165) is 29.5 Å². The van der Waals surface area contributed by atoms with Crippen molar-refractivity contribution in [2.75, 3.05) is 19.0 Å². The Morgan fingerprint density at radius 3 is 2.44 bits per heavy atom. The molecule has 0 fully saturated rings. The van der Waals surface area contributed by atoms with Crippen molar-refractivity contribution < 1.29 is 37.2 Å². The monoisotopic (exact) mass is 495 g/mol. The fraction of sp³-hybridized carbons (Fsp3) is 0.190. The van der Waals surface area contributed by atoms with Crippen LogP contribution in [-0.2, 0) is 15.7 Å². The van der Waals surface area contributed by atoms with Gasteiger partial charge in [-0.25, -0.2) is 9.78 Å². The van der Waals surface area contributed by atoms with Crippen molar-refractivity contribution >= 4 is 34.6 Å². The van der Waals surface area contributed by atoms with Crippen molar-refractivity contribution in [3.8, 4) is 16.3 Å². The third-order valence-electron chi connectivity index (χ3n) is 4.45. The molecule has 0 bridgehead atoms. The number of esters is 1. The molecule has 13 heteroatoms. The number of carbonyl (C=O) groups excluding carboxylic acids is 2. The van der Waals surface area contributed by atoms with E-state index in [1.165, 1.54) is 38.3 Å². The molecular weight excluding hydrogens is 479 g/mol. The maximum Gasteiger partial charge on any atom is 0.416 e. The minimum Gasteiger partial charge on any atom is -0.496 e. The van der Waals surface area contributed by atoms with Crippen LogP contribution in [-0.4, -0.2) is 35.5 Å². The molecular formula is C21H16F3N3O6S. The number of anilines is 1. The molecule has 0 unspecified atom stereocenters. The number of thiazole rings is 1. The quantitative estimate of drug-likeness (QED) is 0.283. The number of ether oxygens (including phenoxy) is 2. The van der Waals surface area contributed by atoms with Crippen LogP contribution in [0.25, 0.3) is 10.6 Å². The maximum absolute atomic E-state index is 12.7. The molecule has 0 spiro atoms. The number of amides is 1. The molecule has 0 atom stereocenters. The number of alkyl halides is 3. The van der Waals surface area contributed by atoms with Crippen LogP contribution in [0.4, 0.5) is 24.5 Å². The highest BCUT2D eigenvalue weighted by Gasteiger charge is 2.30. The summed E-state index contributed by atoms with van der Waals surface area (Å²) in [5, 5.41) is 13.8. The van der Waals surface area contributed by atoms with E-state index in [0.29, 0.717) is 10.6 Å². The summed E-state index contributed by atoms with van der Waals surface area (Å²) in [7, 11) is 1.33. The van der Waals surface area contributed by atoms with E-state index >= 15 is 0 Å². The lowest BCUT2D eigenvalue weighted by atomic mass is 10.1. The second-order valence-corrected chi connectivity index (χ2v) is 7.77. The summed E-state index contributed by atoms with van der Waals surface area (Å²) < 4.78 is 48.1. The third kappa shape index (κ3) is 5.67. The number of halogens is 3. The average Bonchev–Trinajstić information content (AvgIpc) is 3.18. The fourth-order valence-electron chi connectivity index (χ4n) is 2.79. The van der Waals surface area contributed by atoms with Crippen LogP contribution >= 0.6 is 11.3 Å². The number of rotatable bonds is 7. The molecule has 1 aromatic heterocycles.